The van der Waals surface area contributed by atoms with Crippen LogP contribution < -0.4 is 11.2 Å². The molecule has 0 aromatic carbocycles. The van der Waals surface area contributed by atoms with Gasteiger partial charge in [-0.2, -0.15) is 0 Å². The van der Waals surface area contributed by atoms with Crippen molar-refractivity contribution in [3.05, 3.63) is 37.1 Å². The Hall–Kier alpha value is -1.63. The predicted molar refractivity (Wildman–Crippen MR) is 57.9 cm³/mol. The van der Waals surface area contributed by atoms with E-state index >= 15 is 0 Å². The maximum atomic E-state index is 11.6. The van der Waals surface area contributed by atoms with Crippen LogP contribution in [0, 0.1) is 10.1 Å². The van der Waals surface area contributed by atoms with E-state index in [4.69, 9.17) is 11.6 Å². The number of hydrogen-bond donors (Lipinski definition) is 0. The van der Waals surface area contributed by atoms with Gasteiger partial charge in [0.05, 0.1) is 11.1 Å². The lowest BCUT2D eigenvalue weighted by Gasteiger charge is -2.05. The van der Waals surface area contributed by atoms with Crippen molar-refractivity contribution >= 4 is 17.3 Å². The van der Waals surface area contributed by atoms with Crippen LogP contribution >= 0.6 is 11.6 Å². The first-order valence-corrected chi connectivity index (χ1v) is 5.03. The van der Waals surface area contributed by atoms with Crippen LogP contribution in [0.2, 0.25) is 0 Å². The molecular weight excluding hydrogens is 238 g/mol. The minimum absolute atomic E-state index is 0.0800. The Balaban J connectivity index is 3.40. The fourth-order valence-electron chi connectivity index (χ4n) is 1.25. The molecular formula is C8H10ClN3O4. The van der Waals surface area contributed by atoms with Crippen molar-refractivity contribution in [1.82, 2.24) is 9.13 Å². The van der Waals surface area contributed by atoms with E-state index in [0.29, 0.717) is 6.42 Å². The van der Waals surface area contributed by atoms with E-state index in [1.165, 1.54) is 7.05 Å². The molecule has 0 amide bonds. The van der Waals surface area contributed by atoms with Gasteiger partial charge in [-0.15, -0.1) is 11.6 Å². The van der Waals surface area contributed by atoms with Gasteiger partial charge in [-0.3, -0.25) is 24.0 Å². The summed E-state index contributed by atoms with van der Waals surface area (Å²) in [6.45, 7) is 0.0800. The summed E-state index contributed by atoms with van der Waals surface area (Å²) in [4.78, 5) is 32.8. The van der Waals surface area contributed by atoms with Crippen LogP contribution in [-0.2, 0) is 13.6 Å². The third kappa shape index (κ3) is 2.30. The number of rotatable bonds is 4. The molecule has 0 N–H and O–H groups in total. The summed E-state index contributed by atoms with van der Waals surface area (Å²) in [6.07, 6.45) is 1.32. The number of aromatic nitrogens is 2. The lowest BCUT2D eigenvalue weighted by atomic mass is 10.4. The highest BCUT2D eigenvalue weighted by Gasteiger charge is 2.17. The summed E-state index contributed by atoms with van der Waals surface area (Å²) >= 11 is 5.44. The molecule has 0 bridgehead atoms. The molecule has 1 aromatic heterocycles. The van der Waals surface area contributed by atoms with Crippen LogP contribution in [0.5, 0.6) is 0 Å². The van der Waals surface area contributed by atoms with Crippen LogP contribution in [0.25, 0.3) is 0 Å². The van der Waals surface area contributed by atoms with Crippen molar-refractivity contribution in [2.24, 2.45) is 7.05 Å². The summed E-state index contributed by atoms with van der Waals surface area (Å²) < 4.78 is 1.83. The minimum atomic E-state index is -0.891. The predicted octanol–water partition coefficient (Wildman–Crippen LogP) is 0.0841. The third-order valence-electron chi connectivity index (χ3n) is 2.02. The van der Waals surface area contributed by atoms with Crippen molar-refractivity contribution in [3.63, 3.8) is 0 Å². The quantitative estimate of drug-likeness (QED) is 0.428. The van der Waals surface area contributed by atoms with Gasteiger partial charge in [-0.1, -0.05) is 0 Å². The van der Waals surface area contributed by atoms with Crippen LogP contribution in [0.3, 0.4) is 0 Å². The minimum Gasteiger partial charge on any atom is -0.297 e. The molecule has 0 aliphatic heterocycles. The second-order valence-electron chi connectivity index (χ2n) is 3.16. The molecule has 0 saturated carbocycles. The number of nitro groups is 1. The zero-order valence-corrected chi connectivity index (χ0v) is 9.31. The van der Waals surface area contributed by atoms with E-state index in [-0.39, 0.29) is 12.4 Å². The van der Waals surface area contributed by atoms with E-state index in [1.54, 1.807) is 0 Å². The van der Waals surface area contributed by atoms with Gasteiger partial charge in [0.25, 0.3) is 0 Å². The van der Waals surface area contributed by atoms with Crippen molar-refractivity contribution < 1.29 is 4.92 Å². The van der Waals surface area contributed by atoms with Gasteiger partial charge in [0.2, 0.25) is 0 Å². The van der Waals surface area contributed by atoms with Crippen molar-refractivity contribution in [2.75, 3.05) is 5.88 Å². The van der Waals surface area contributed by atoms with Gasteiger partial charge in [0, 0.05) is 19.5 Å². The van der Waals surface area contributed by atoms with Crippen LogP contribution in [0.4, 0.5) is 5.69 Å². The monoisotopic (exact) mass is 247 g/mol. The fourth-order valence-corrected chi connectivity index (χ4v) is 1.37. The zero-order valence-electron chi connectivity index (χ0n) is 8.55. The Labute approximate surface area is 95.0 Å². The Morgan fingerprint density at radius 3 is 2.62 bits per heavy atom. The second-order valence-corrected chi connectivity index (χ2v) is 3.54. The summed E-state index contributed by atoms with van der Waals surface area (Å²) in [5.74, 6) is 0.276. The van der Waals surface area contributed by atoms with Gasteiger partial charge in [0.1, 0.15) is 0 Å². The summed E-state index contributed by atoms with van der Waals surface area (Å²) in [7, 11) is 1.35. The molecule has 0 atom stereocenters. The standard InChI is InChI=1S/C8H10ClN3O4/c1-10-5-6(12(15)16)7(13)11(8(10)14)4-2-3-9/h5H,2-4H2,1H3. The highest BCUT2D eigenvalue weighted by molar-refractivity contribution is 6.17. The smallest absolute Gasteiger partial charge is 0.297 e. The molecule has 0 saturated heterocycles. The molecule has 88 valence electrons. The molecule has 0 spiro atoms. The van der Waals surface area contributed by atoms with Crippen molar-refractivity contribution in [3.8, 4) is 0 Å². The number of aryl methyl sites for hydroxylation is 1. The van der Waals surface area contributed by atoms with E-state index in [0.717, 1.165) is 15.3 Å². The zero-order chi connectivity index (χ0) is 12.3. The average molecular weight is 248 g/mol. The lowest BCUT2D eigenvalue weighted by Crippen LogP contribution is -2.39. The highest BCUT2D eigenvalue weighted by Crippen LogP contribution is 1.99. The molecule has 0 aliphatic carbocycles. The van der Waals surface area contributed by atoms with Crippen molar-refractivity contribution in [1.29, 1.82) is 0 Å². The molecule has 1 heterocycles. The Morgan fingerprint density at radius 2 is 2.12 bits per heavy atom. The molecule has 0 unspecified atom stereocenters. The summed E-state index contributed by atoms with van der Waals surface area (Å²) in [6, 6.07) is 0. The van der Waals surface area contributed by atoms with E-state index in [2.05, 4.69) is 0 Å². The maximum absolute atomic E-state index is 11.6. The van der Waals surface area contributed by atoms with Gasteiger partial charge in [0.15, 0.2) is 0 Å². The summed E-state index contributed by atoms with van der Waals surface area (Å²) in [5, 5.41) is 10.6. The molecule has 0 radical (unpaired) electrons. The van der Waals surface area contributed by atoms with E-state index in [1.807, 2.05) is 0 Å². The largest absolute Gasteiger partial charge is 0.350 e. The van der Waals surface area contributed by atoms with Gasteiger partial charge >= 0.3 is 16.9 Å². The van der Waals surface area contributed by atoms with Crippen molar-refractivity contribution in [2.45, 2.75) is 13.0 Å². The van der Waals surface area contributed by atoms with Crippen LogP contribution in [0.15, 0.2) is 15.8 Å². The van der Waals surface area contributed by atoms with Gasteiger partial charge in [-0.05, 0) is 6.42 Å². The SMILES string of the molecule is Cn1cc([N+](=O)[O-])c(=O)n(CCCCl)c1=O. The first-order chi connectivity index (χ1) is 7.49. The Morgan fingerprint density at radius 1 is 1.50 bits per heavy atom. The summed E-state index contributed by atoms with van der Waals surface area (Å²) in [5.41, 5.74) is -2.09. The molecule has 7 nitrogen and oxygen atoms in total. The van der Waals surface area contributed by atoms with Crippen LogP contribution in [-0.4, -0.2) is 19.9 Å². The number of alkyl halides is 1. The first-order valence-electron chi connectivity index (χ1n) is 4.50. The topological polar surface area (TPSA) is 87.1 Å². The van der Waals surface area contributed by atoms with Crippen LogP contribution in [0.1, 0.15) is 6.42 Å². The number of hydrogen-bond acceptors (Lipinski definition) is 4. The normalized spacial score (nSPS) is 10.4. The maximum Gasteiger partial charge on any atom is 0.350 e. The first kappa shape index (κ1) is 12.4. The highest BCUT2D eigenvalue weighted by atomic mass is 35.5. The van der Waals surface area contributed by atoms with Gasteiger partial charge < -0.3 is 0 Å². The van der Waals surface area contributed by atoms with E-state index < -0.39 is 21.9 Å². The molecule has 1 aromatic rings. The molecule has 0 aliphatic rings. The molecule has 16 heavy (non-hydrogen) atoms. The Bertz CT molecular complexity index is 519. The Kier molecular flexibility index (Phi) is 3.83. The second kappa shape index (κ2) is 4.93. The lowest BCUT2D eigenvalue weighted by molar-refractivity contribution is -0.387. The fraction of sp³-hybridized carbons (Fsp3) is 0.500. The molecule has 0 fully saturated rings. The van der Waals surface area contributed by atoms with E-state index in [9.17, 15) is 19.7 Å². The third-order valence-corrected chi connectivity index (χ3v) is 2.29. The molecule has 1 rings (SSSR count). The molecule has 8 heteroatoms. The number of nitrogens with zero attached hydrogens (tertiary/aromatic N) is 3. The van der Waals surface area contributed by atoms with Gasteiger partial charge in [-0.25, -0.2) is 4.79 Å². The number of halogens is 1. The average Bonchev–Trinajstić information content (AvgIpc) is 2.23.